The van der Waals surface area contributed by atoms with Gasteiger partial charge in [-0.1, -0.05) is 33.3 Å². The van der Waals surface area contributed by atoms with Crippen molar-refractivity contribution in [3.05, 3.63) is 29.8 Å². The molecule has 1 aromatic carbocycles. The Morgan fingerprint density at radius 1 is 1.13 bits per heavy atom. The van der Waals surface area contributed by atoms with Crippen LogP contribution in [0.15, 0.2) is 24.3 Å². The minimum absolute atomic E-state index is 0.219. The highest BCUT2D eigenvalue weighted by molar-refractivity contribution is 5.49. The Kier molecular flexibility index (Phi) is 8.27. The van der Waals surface area contributed by atoms with Crippen LogP contribution in [0.1, 0.15) is 45.6 Å². The van der Waals surface area contributed by atoms with Crippen LogP contribution in [0, 0.1) is 17.8 Å². The van der Waals surface area contributed by atoms with Crippen LogP contribution in [-0.4, -0.2) is 61.5 Å². The van der Waals surface area contributed by atoms with Crippen molar-refractivity contribution >= 4 is 5.69 Å². The summed E-state index contributed by atoms with van der Waals surface area (Å²) in [6.45, 7) is 10.3. The van der Waals surface area contributed by atoms with Crippen molar-refractivity contribution in [3.63, 3.8) is 0 Å². The van der Waals surface area contributed by atoms with E-state index in [1.165, 1.54) is 25.0 Å². The zero-order valence-corrected chi connectivity index (χ0v) is 18.9. The minimum atomic E-state index is -4.33. The Bertz CT molecular complexity index is 690. The highest BCUT2D eigenvalue weighted by Crippen LogP contribution is 2.35. The van der Waals surface area contributed by atoms with Gasteiger partial charge in [-0.05, 0) is 48.8 Å². The fourth-order valence-corrected chi connectivity index (χ4v) is 4.96. The average Bonchev–Trinajstić information content (AvgIpc) is 2.72. The molecule has 0 bridgehead atoms. The number of β-amino-alcohol motifs (C(OH)–C–C–N with tert-alkyl or cyclic N) is 1. The van der Waals surface area contributed by atoms with E-state index in [9.17, 15) is 18.3 Å². The third-order valence-electron chi connectivity index (χ3n) is 6.84. The van der Waals surface area contributed by atoms with Crippen LogP contribution in [0.5, 0.6) is 0 Å². The van der Waals surface area contributed by atoms with E-state index in [0.717, 1.165) is 12.5 Å². The van der Waals surface area contributed by atoms with Crippen molar-refractivity contribution in [1.29, 1.82) is 0 Å². The lowest BCUT2D eigenvalue weighted by Crippen LogP contribution is -2.49. The SMILES string of the molecule is CC(C)[C@@H]1CC[C@H](C)C[C@H]1OC[C@H](O)CN1CCN(c2cccc(C(F)(F)F)c2)CC1. The highest BCUT2D eigenvalue weighted by atomic mass is 19.4. The highest BCUT2D eigenvalue weighted by Gasteiger charge is 2.33. The Morgan fingerprint density at radius 2 is 1.84 bits per heavy atom. The Labute approximate surface area is 184 Å². The van der Waals surface area contributed by atoms with Crippen LogP contribution >= 0.6 is 0 Å². The number of nitrogens with zero attached hydrogens (tertiary/aromatic N) is 2. The van der Waals surface area contributed by atoms with E-state index >= 15 is 0 Å². The number of aliphatic hydroxyl groups is 1. The van der Waals surface area contributed by atoms with Gasteiger partial charge in [-0.15, -0.1) is 0 Å². The molecule has 7 heteroatoms. The average molecular weight is 443 g/mol. The van der Waals surface area contributed by atoms with Crippen LogP contribution in [0.4, 0.5) is 18.9 Å². The van der Waals surface area contributed by atoms with Crippen molar-refractivity contribution in [2.75, 3.05) is 44.2 Å². The van der Waals surface area contributed by atoms with E-state index in [0.29, 0.717) is 62.8 Å². The molecule has 0 radical (unpaired) electrons. The quantitative estimate of drug-likeness (QED) is 0.666. The molecule has 0 spiro atoms. The fourth-order valence-electron chi connectivity index (χ4n) is 4.96. The summed E-state index contributed by atoms with van der Waals surface area (Å²) in [6.07, 6.45) is -1.16. The largest absolute Gasteiger partial charge is 0.416 e. The van der Waals surface area contributed by atoms with E-state index < -0.39 is 17.8 Å². The topological polar surface area (TPSA) is 35.9 Å². The molecule has 1 saturated carbocycles. The number of piperazine rings is 1. The number of rotatable bonds is 7. The molecule has 1 heterocycles. The van der Waals surface area contributed by atoms with Crippen LogP contribution < -0.4 is 4.90 Å². The number of anilines is 1. The standard InChI is InChI=1S/C24H37F3N2O2/c1-17(2)22-8-7-18(3)13-23(22)31-16-21(30)15-28-9-11-29(12-10-28)20-6-4-5-19(14-20)24(25,26)27/h4-6,14,17-18,21-23,30H,7-13,15-16H2,1-3H3/t18-,21+,22-,23+/m0/s1. The second-order valence-corrected chi connectivity index (χ2v) is 9.69. The van der Waals surface area contributed by atoms with Crippen LogP contribution in [0.2, 0.25) is 0 Å². The Hall–Kier alpha value is -1.31. The van der Waals surface area contributed by atoms with Gasteiger partial charge in [-0.2, -0.15) is 13.2 Å². The summed E-state index contributed by atoms with van der Waals surface area (Å²) in [5.74, 6) is 1.80. The number of aliphatic hydroxyl groups excluding tert-OH is 1. The maximum atomic E-state index is 13.0. The van der Waals surface area contributed by atoms with Crippen LogP contribution in [-0.2, 0) is 10.9 Å². The molecule has 1 aromatic rings. The summed E-state index contributed by atoms with van der Waals surface area (Å²) in [6, 6.07) is 5.51. The van der Waals surface area contributed by atoms with Gasteiger partial charge >= 0.3 is 6.18 Å². The molecule has 3 rings (SSSR count). The molecular formula is C24H37F3N2O2. The number of hydrogen-bond donors (Lipinski definition) is 1. The van der Waals surface area contributed by atoms with E-state index in [1.54, 1.807) is 6.07 Å². The summed E-state index contributed by atoms with van der Waals surface area (Å²) in [7, 11) is 0. The Balaban J connectivity index is 1.44. The molecule has 2 fully saturated rings. The second-order valence-electron chi connectivity index (χ2n) is 9.69. The second kappa shape index (κ2) is 10.5. The van der Waals surface area contributed by atoms with Crippen LogP contribution in [0.25, 0.3) is 0 Å². The van der Waals surface area contributed by atoms with Crippen molar-refractivity contribution < 1.29 is 23.0 Å². The zero-order chi connectivity index (χ0) is 22.6. The first kappa shape index (κ1) is 24.3. The van der Waals surface area contributed by atoms with Crippen molar-refractivity contribution in [2.45, 2.75) is 58.4 Å². The van der Waals surface area contributed by atoms with Gasteiger partial charge in [0.05, 0.1) is 24.4 Å². The van der Waals surface area contributed by atoms with Gasteiger partial charge in [0.25, 0.3) is 0 Å². The number of benzene rings is 1. The molecule has 1 aliphatic heterocycles. The summed E-state index contributed by atoms with van der Waals surface area (Å²) in [5.41, 5.74) is -0.0127. The van der Waals surface area contributed by atoms with Gasteiger partial charge in [0.15, 0.2) is 0 Å². The number of alkyl halides is 3. The summed E-state index contributed by atoms with van der Waals surface area (Å²) in [4.78, 5) is 4.15. The molecule has 1 N–H and O–H groups in total. The third-order valence-corrected chi connectivity index (χ3v) is 6.84. The molecule has 0 amide bonds. The van der Waals surface area contributed by atoms with E-state index in [1.807, 2.05) is 4.90 Å². The molecular weight excluding hydrogens is 405 g/mol. The molecule has 31 heavy (non-hydrogen) atoms. The van der Waals surface area contributed by atoms with Gasteiger partial charge in [-0.3, -0.25) is 4.90 Å². The zero-order valence-electron chi connectivity index (χ0n) is 18.9. The summed E-state index contributed by atoms with van der Waals surface area (Å²) >= 11 is 0. The lowest BCUT2D eigenvalue weighted by atomic mass is 9.75. The van der Waals surface area contributed by atoms with Gasteiger partial charge in [-0.25, -0.2) is 0 Å². The van der Waals surface area contributed by atoms with Gasteiger partial charge in [0.1, 0.15) is 0 Å². The van der Waals surface area contributed by atoms with Crippen molar-refractivity contribution in [1.82, 2.24) is 4.90 Å². The first-order chi connectivity index (χ1) is 14.6. The lowest BCUT2D eigenvalue weighted by molar-refractivity contribution is -0.137. The smallest absolute Gasteiger partial charge is 0.389 e. The monoisotopic (exact) mass is 442 g/mol. The minimum Gasteiger partial charge on any atom is -0.389 e. The maximum Gasteiger partial charge on any atom is 0.416 e. The molecule has 4 nitrogen and oxygen atoms in total. The third kappa shape index (κ3) is 6.83. The van der Waals surface area contributed by atoms with E-state index in [2.05, 4.69) is 25.7 Å². The number of ether oxygens (including phenoxy) is 1. The lowest BCUT2D eigenvalue weighted by Gasteiger charge is -2.39. The normalized spacial score (nSPS) is 27.0. The molecule has 176 valence electrons. The van der Waals surface area contributed by atoms with Crippen LogP contribution in [0.3, 0.4) is 0 Å². The van der Waals surface area contributed by atoms with E-state index in [-0.39, 0.29) is 6.10 Å². The fraction of sp³-hybridized carbons (Fsp3) is 0.750. The number of hydrogen-bond acceptors (Lipinski definition) is 4. The maximum absolute atomic E-state index is 13.0. The molecule has 0 unspecified atom stereocenters. The molecule has 0 aromatic heterocycles. The molecule has 1 saturated heterocycles. The van der Waals surface area contributed by atoms with Gasteiger partial charge < -0.3 is 14.7 Å². The number of halogens is 3. The summed E-state index contributed by atoms with van der Waals surface area (Å²) < 4.78 is 45.1. The first-order valence-electron chi connectivity index (χ1n) is 11.6. The molecule has 4 atom stereocenters. The van der Waals surface area contributed by atoms with Crippen molar-refractivity contribution in [2.24, 2.45) is 17.8 Å². The molecule has 1 aliphatic carbocycles. The van der Waals surface area contributed by atoms with Crippen molar-refractivity contribution in [3.8, 4) is 0 Å². The molecule has 2 aliphatic rings. The summed E-state index contributed by atoms with van der Waals surface area (Å²) in [5, 5.41) is 10.5. The van der Waals surface area contributed by atoms with E-state index in [4.69, 9.17) is 4.74 Å². The predicted octanol–water partition coefficient (Wildman–Crippen LogP) is 4.67. The van der Waals surface area contributed by atoms with Gasteiger partial charge in [0.2, 0.25) is 0 Å². The predicted molar refractivity (Wildman–Crippen MR) is 117 cm³/mol. The first-order valence-corrected chi connectivity index (χ1v) is 11.6. The van der Waals surface area contributed by atoms with Gasteiger partial charge in [0, 0.05) is 38.4 Å². The Morgan fingerprint density at radius 3 is 2.48 bits per heavy atom.